The Morgan fingerprint density at radius 1 is 1.16 bits per heavy atom. The fourth-order valence-corrected chi connectivity index (χ4v) is 5.34. The number of piperidine rings is 1. The van der Waals surface area contributed by atoms with Crippen LogP contribution in [-0.2, 0) is 39.2 Å². The Kier molecular flexibility index (Phi) is 6.03. The lowest BCUT2D eigenvalue weighted by molar-refractivity contribution is -0.137. The molecule has 1 aromatic carbocycles. The number of Topliss-reactive ketones (excluding diaryl/α,β-unsaturated/α-hetero) is 1. The monoisotopic (exact) mass is 452 g/mol. The molecule has 1 unspecified atom stereocenters. The van der Waals surface area contributed by atoms with Crippen LogP contribution in [0.4, 0.5) is 0 Å². The highest BCUT2D eigenvalue weighted by molar-refractivity contribution is 7.10. The van der Waals surface area contributed by atoms with Crippen LogP contribution in [0.2, 0.25) is 0 Å². The van der Waals surface area contributed by atoms with Crippen molar-refractivity contribution >= 4 is 34.8 Å². The number of fused-ring (bicyclic) bond motifs is 1. The number of aryl methyl sites for hydroxylation is 1. The maximum atomic E-state index is 12.8. The number of imide groups is 1. The average Bonchev–Trinajstić information content (AvgIpc) is 3.26. The highest BCUT2D eigenvalue weighted by Crippen LogP contribution is 2.34. The molecular weight excluding hydrogens is 424 g/mol. The highest BCUT2D eigenvalue weighted by Gasteiger charge is 2.40. The number of hydrogen-bond donors (Lipinski definition) is 1. The van der Waals surface area contributed by atoms with Gasteiger partial charge in [-0.2, -0.15) is 0 Å². The highest BCUT2D eigenvalue weighted by atomic mass is 32.1. The van der Waals surface area contributed by atoms with Gasteiger partial charge >= 0.3 is 0 Å². The number of benzene rings is 1. The predicted octanol–water partition coefficient (Wildman–Crippen LogP) is 3.55. The molecule has 0 radical (unpaired) electrons. The van der Waals surface area contributed by atoms with Gasteiger partial charge < -0.3 is 4.90 Å². The molecule has 1 aromatic heterocycles. The largest absolute Gasteiger partial charge is 0.322 e. The molecule has 7 heteroatoms. The van der Waals surface area contributed by atoms with Crippen LogP contribution in [0.3, 0.4) is 0 Å². The third-order valence-corrected chi connectivity index (χ3v) is 7.33. The quantitative estimate of drug-likeness (QED) is 0.680. The predicted molar refractivity (Wildman–Crippen MR) is 123 cm³/mol. The van der Waals surface area contributed by atoms with Gasteiger partial charge in [-0.25, -0.2) is 0 Å². The molecular formula is C25H28N2O4S. The topological polar surface area (TPSA) is 83.6 Å². The van der Waals surface area contributed by atoms with Gasteiger partial charge in [0, 0.05) is 36.1 Å². The van der Waals surface area contributed by atoms with Crippen molar-refractivity contribution in [3.63, 3.8) is 0 Å². The first-order valence-electron chi connectivity index (χ1n) is 11.0. The van der Waals surface area contributed by atoms with Gasteiger partial charge in [-0.3, -0.25) is 24.5 Å². The molecule has 1 atom stereocenters. The molecule has 168 valence electrons. The normalized spacial score (nSPS) is 18.7. The summed E-state index contributed by atoms with van der Waals surface area (Å²) in [5, 5.41) is 4.15. The van der Waals surface area contributed by atoms with E-state index in [1.165, 1.54) is 16.9 Å². The van der Waals surface area contributed by atoms with Crippen molar-refractivity contribution in [1.29, 1.82) is 0 Å². The summed E-state index contributed by atoms with van der Waals surface area (Å²) < 4.78 is 0. The van der Waals surface area contributed by atoms with Crippen molar-refractivity contribution in [3.05, 3.63) is 56.8 Å². The molecule has 3 amide bonds. The van der Waals surface area contributed by atoms with Crippen molar-refractivity contribution in [1.82, 2.24) is 10.2 Å². The standard InChI is InChI=1S/C25H28N2O4S/c1-25(2,3)16-6-4-15(5-7-16)12-17(28)8-10-21-18-13-27(24(31)19(18)14-32-21)20-9-11-22(29)26-23(20)30/h4-7,14,20H,8-13H2,1-3H3,(H,26,29,30). The van der Waals surface area contributed by atoms with E-state index < -0.39 is 11.9 Å². The first kappa shape index (κ1) is 22.4. The maximum absolute atomic E-state index is 12.8. The van der Waals surface area contributed by atoms with Crippen LogP contribution >= 0.6 is 11.3 Å². The van der Waals surface area contributed by atoms with E-state index in [1.807, 2.05) is 17.5 Å². The first-order chi connectivity index (χ1) is 15.1. The minimum Gasteiger partial charge on any atom is -0.322 e. The van der Waals surface area contributed by atoms with Gasteiger partial charge in [0.2, 0.25) is 11.8 Å². The second-order valence-corrected chi connectivity index (χ2v) is 10.6. The van der Waals surface area contributed by atoms with Gasteiger partial charge in [-0.1, -0.05) is 45.0 Å². The second kappa shape index (κ2) is 8.62. The maximum Gasteiger partial charge on any atom is 0.256 e. The lowest BCUT2D eigenvalue weighted by Gasteiger charge is -2.29. The molecule has 0 spiro atoms. The average molecular weight is 453 g/mol. The number of amides is 3. The summed E-state index contributed by atoms with van der Waals surface area (Å²) in [7, 11) is 0. The fraction of sp³-hybridized carbons (Fsp3) is 0.440. The Morgan fingerprint density at radius 2 is 1.88 bits per heavy atom. The van der Waals surface area contributed by atoms with Crippen LogP contribution in [0, 0.1) is 0 Å². The summed E-state index contributed by atoms with van der Waals surface area (Å²) in [6.07, 6.45) is 2.01. The zero-order chi connectivity index (χ0) is 23.0. The Morgan fingerprint density at radius 3 is 2.53 bits per heavy atom. The van der Waals surface area contributed by atoms with Crippen LogP contribution in [-0.4, -0.2) is 34.4 Å². The minimum atomic E-state index is -0.608. The van der Waals surface area contributed by atoms with Crippen molar-refractivity contribution in [2.75, 3.05) is 0 Å². The number of nitrogens with one attached hydrogen (secondary N) is 1. The van der Waals surface area contributed by atoms with Crippen LogP contribution in [0.25, 0.3) is 0 Å². The van der Waals surface area contributed by atoms with Gasteiger partial charge in [-0.15, -0.1) is 11.3 Å². The Bertz CT molecular complexity index is 1080. The summed E-state index contributed by atoms with van der Waals surface area (Å²) >= 11 is 1.50. The molecule has 0 saturated carbocycles. The van der Waals surface area contributed by atoms with Crippen molar-refractivity contribution in [2.45, 2.75) is 70.9 Å². The summed E-state index contributed by atoms with van der Waals surface area (Å²) in [6.45, 7) is 6.86. The molecule has 1 N–H and O–H groups in total. The third-order valence-electron chi connectivity index (χ3n) is 6.24. The van der Waals surface area contributed by atoms with E-state index in [4.69, 9.17) is 0 Å². The van der Waals surface area contributed by atoms with Crippen molar-refractivity contribution in [3.8, 4) is 0 Å². The summed E-state index contributed by atoms with van der Waals surface area (Å²) in [5.74, 6) is -0.693. The van der Waals surface area contributed by atoms with Crippen LogP contribution in [0.5, 0.6) is 0 Å². The van der Waals surface area contributed by atoms with E-state index in [9.17, 15) is 19.2 Å². The van der Waals surface area contributed by atoms with Crippen molar-refractivity contribution in [2.24, 2.45) is 0 Å². The van der Waals surface area contributed by atoms with Gasteiger partial charge in [0.1, 0.15) is 11.8 Å². The van der Waals surface area contributed by atoms with E-state index in [0.717, 1.165) is 16.0 Å². The lowest BCUT2D eigenvalue weighted by Crippen LogP contribution is -2.52. The molecule has 0 bridgehead atoms. The molecule has 2 aromatic rings. The van der Waals surface area contributed by atoms with E-state index in [1.54, 1.807) is 4.90 Å². The molecule has 0 aliphatic carbocycles. The first-order valence-corrected chi connectivity index (χ1v) is 11.9. The van der Waals surface area contributed by atoms with Crippen molar-refractivity contribution < 1.29 is 19.2 Å². The zero-order valence-corrected chi connectivity index (χ0v) is 19.5. The Labute approximate surface area is 192 Å². The molecule has 2 aliphatic heterocycles. The number of carbonyl (C=O) groups is 4. The van der Waals surface area contributed by atoms with Gasteiger partial charge in [-0.05, 0) is 34.9 Å². The lowest BCUT2D eigenvalue weighted by atomic mass is 9.86. The molecule has 6 nitrogen and oxygen atoms in total. The number of rotatable bonds is 6. The molecule has 4 rings (SSSR count). The van der Waals surface area contributed by atoms with Crippen LogP contribution < -0.4 is 5.32 Å². The molecule has 2 aliphatic rings. The number of nitrogens with zero attached hydrogens (tertiary/aromatic N) is 1. The van der Waals surface area contributed by atoms with Gasteiger partial charge in [0.25, 0.3) is 5.91 Å². The Balaban J connectivity index is 1.36. The number of hydrogen-bond acceptors (Lipinski definition) is 5. The van der Waals surface area contributed by atoms with E-state index in [2.05, 4.69) is 38.2 Å². The minimum absolute atomic E-state index is 0.0846. The third kappa shape index (κ3) is 4.53. The van der Waals surface area contributed by atoms with E-state index in [0.29, 0.717) is 37.8 Å². The van der Waals surface area contributed by atoms with Gasteiger partial charge in [0.05, 0.1) is 5.56 Å². The molecule has 3 heterocycles. The summed E-state index contributed by atoms with van der Waals surface area (Å²) in [5.41, 5.74) is 3.89. The molecule has 32 heavy (non-hydrogen) atoms. The second-order valence-electron chi connectivity index (χ2n) is 9.61. The Hall–Kier alpha value is -2.80. The number of ketones is 1. The summed E-state index contributed by atoms with van der Waals surface area (Å²) in [4.78, 5) is 51.6. The number of carbonyl (C=O) groups excluding carboxylic acids is 4. The van der Waals surface area contributed by atoms with Crippen LogP contribution in [0.1, 0.15) is 72.0 Å². The smallest absolute Gasteiger partial charge is 0.256 e. The van der Waals surface area contributed by atoms with E-state index >= 15 is 0 Å². The van der Waals surface area contributed by atoms with Crippen LogP contribution in [0.15, 0.2) is 29.6 Å². The zero-order valence-electron chi connectivity index (χ0n) is 18.7. The van der Waals surface area contributed by atoms with E-state index in [-0.39, 0.29) is 29.4 Å². The SMILES string of the molecule is CC(C)(C)c1ccc(CC(=O)CCc2scc3c2CN(C2CCC(=O)NC2=O)C3=O)cc1. The fourth-order valence-electron chi connectivity index (χ4n) is 4.30. The number of thiophene rings is 1. The molecule has 1 saturated heterocycles. The summed E-state index contributed by atoms with van der Waals surface area (Å²) in [6, 6.07) is 7.62. The molecule has 1 fully saturated rings. The van der Waals surface area contributed by atoms with Gasteiger partial charge in [0.15, 0.2) is 0 Å².